The Bertz CT molecular complexity index is 702. The topological polar surface area (TPSA) is 9.23 Å². The number of hydrogen-bond acceptors (Lipinski definition) is 1. The van der Waals surface area contributed by atoms with Crippen molar-refractivity contribution < 1.29 is 4.74 Å². The van der Waals surface area contributed by atoms with Crippen molar-refractivity contribution in [1.82, 2.24) is 0 Å². The van der Waals surface area contributed by atoms with E-state index in [0.29, 0.717) is 6.61 Å². The van der Waals surface area contributed by atoms with E-state index in [4.69, 9.17) is 4.74 Å². The number of rotatable bonds is 4. The van der Waals surface area contributed by atoms with Crippen molar-refractivity contribution in [3.05, 3.63) is 90.0 Å². The normalized spacial score (nSPS) is 10.3. The lowest BCUT2D eigenvalue weighted by Crippen LogP contribution is -1.98. The zero-order chi connectivity index (χ0) is 14.5. The highest BCUT2D eigenvalue weighted by Crippen LogP contribution is 2.33. The first kappa shape index (κ1) is 13.4. The van der Waals surface area contributed by atoms with Crippen LogP contribution in [0.5, 0.6) is 5.75 Å². The second-order valence-electron chi connectivity index (χ2n) is 5.09. The standard InChI is InChI=1S/C20H18O/c1-16-9-8-14-19(20(16)18-12-6-3-7-13-18)21-15-17-10-4-2-5-11-17/h2-14H,15H2,1H3. The van der Waals surface area contributed by atoms with E-state index in [0.717, 1.165) is 5.75 Å². The number of benzene rings is 3. The van der Waals surface area contributed by atoms with Crippen LogP contribution < -0.4 is 4.74 Å². The third-order valence-corrected chi connectivity index (χ3v) is 3.53. The van der Waals surface area contributed by atoms with E-state index < -0.39 is 0 Å². The molecule has 0 N–H and O–H groups in total. The fourth-order valence-electron chi connectivity index (χ4n) is 2.47. The molecular weight excluding hydrogens is 256 g/mol. The molecule has 104 valence electrons. The summed E-state index contributed by atoms with van der Waals surface area (Å²) in [5.74, 6) is 0.935. The van der Waals surface area contributed by atoms with Crippen LogP contribution in [0.25, 0.3) is 11.1 Å². The average Bonchev–Trinajstić information content (AvgIpc) is 2.55. The molecule has 0 unspecified atom stereocenters. The van der Waals surface area contributed by atoms with E-state index in [1.54, 1.807) is 0 Å². The second-order valence-corrected chi connectivity index (χ2v) is 5.09. The predicted octanol–water partition coefficient (Wildman–Crippen LogP) is 5.24. The van der Waals surface area contributed by atoms with Gasteiger partial charge in [0, 0.05) is 5.56 Å². The van der Waals surface area contributed by atoms with Crippen LogP contribution in [0.4, 0.5) is 0 Å². The van der Waals surface area contributed by atoms with Gasteiger partial charge in [0.15, 0.2) is 0 Å². The molecule has 0 amide bonds. The van der Waals surface area contributed by atoms with Gasteiger partial charge in [-0.3, -0.25) is 0 Å². The Morgan fingerprint density at radius 3 is 2.10 bits per heavy atom. The number of ether oxygens (including phenoxy) is 1. The van der Waals surface area contributed by atoms with Crippen LogP contribution in [0.15, 0.2) is 78.9 Å². The number of hydrogen-bond donors (Lipinski definition) is 0. The SMILES string of the molecule is Cc1cccc(OCc2ccccc2)c1-c1ccccc1. The van der Waals surface area contributed by atoms with E-state index in [1.165, 1.54) is 22.3 Å². The van der Waals surface area contributed by atoms with Gasteiger partial charge in [-0.1, -0.05) is 72.8 Å². The molecule has 0 radical (unpaired) electrons. The van der Waals surface area contributed by atoms with Gasteiger partial charge in [0.2, 0.25) is 0 Å². The summed E-state index contributed by atoms with van der Waals surface area (Å²) in [5, 5.41) is 0. The molecule has 1 nitrogen and oxygen atoms in total. The fourth-order valence-corrected chi connectivity index (χ4v) is 2.47. The first-order valence-electron chi connectivity index (χ1n) is 7.16. The summed E-state index contributed by atoms with van der Waals surface area (Å²) in [6.07, 6.45) is 0. The van der Waals surface area contributed by atoms with Crippen molar-refractivity contribution in [3.8, 4) is 16.9 Å². The Morgan fingerprint density at radius 2 is 1.38 bits per heavy atom. The van der Waals surface area contributed by atoms with Gasteiger partial charge in [-0.25, -0.2) is 0 Å². The summed E-state index contributed by atoms with van der Waals surface area (Å²) in [4.78, 5) is 0. The lowest BCUT2D eigenvalue weighted by Gasteiger charge is -2.14. The monoisotopic (exact) mass is 274 g/mol. The van der Waals surface area contributed by atoms with Crippen LogP contribution in [0.1, 0.15) is 11.1 Å². The lowest BCUT2D eigenvalue weighted by molar-refractivity contribution is 0.307. The molecule has 0 aliphatic rings. The maximum Gasteiger partial charge on any atom is 0.127 e. The zero-order valence-corrected chi connectivity index (χ0v) is 12.1. The second kappa shape index (κ2) is 6.27. The lowest BCUT2D eigenvalue weighted by atomic mass is 9.99. The maximum atomic E-state index is 6.06. The van der Waals surface area contributed by atoms with Crippen molar-refractivity contribution in [2.24, 2.45) is 0 Å². The molecule has 3 rings (SSSR count). The van der Waals surface area contributed by atoms with Crippen molar-refractivity contribution in [3.63, 3.8) is 0 Å². The van der Waals surface area contributed by atoms with Gasteiger partial charge in [0.05, 0.1) is 0 Å². The molecule has 0 atom stereocenters. The highest BCUT2D eigenvalue weighted by atomic mass is 16.5. The summed E-state index contributed by atoms with van der Waals surface area (Å²) in [5.41, 5.74) is 4.78. The van der Waals surface area contributed by atoms with E-state index in [-0.39, 0.29) is 0 Å². The van der Waals surface area contributed by atoms with Gasteiger partial charge in [-0.05, 0) is 29.7 Å². The molecule has 0 aliphatic heterocycles. The first-order valence-corrected chi connectivity index (χ1v) is 7.16. The molecule has 0 saturated heterocycles. The molecule has 0 aliphatic carbocycles. The van der Waals surface area contributed by atoms with Crippen molar-refractivity contribution in [2.45, 2.75) is 13.5 Å². The minimum atomic E-state index is 0.587. The minimum absolute atomic E-state index is 0.587. The predicted molar refractivity (Wildman–Crippen MR) is 87.4 cm³/mol. The van der Waals surface area contributed by atoms with Gasteiger partial charge in [-0.15, -0.1) is 0 Å². The van der Waals surface area contributed by atoms with E-state index in [9.17, 15) is 0 Å². The van der Waals surface area contributed by atoms with Crippen LogP contribution in [0.3, 0.4) is 0 Å². The van der Waals surface area contributed by atoms with Crippen molar-refractivity contribution in [2.75, 3.05) is 0 Å². The summed E-state index contributed by atoms with van der Waals surface area (Å²) < 4.78 is 6.06. The Hall–Kier alpha value is -2.54. The molecule has 3 aromatic rings. The van der Waals surface area contributed by atoms with Crippen LogP contribution in [0, 0.1) is 6.92 Å². The van der Waals surface area contributed by atoms with Gasteiger partial charge in [0.1, 0.15) is 12.4 Å². The Balaban J connectivity index is 1.91. The summed E-state index contributed by atoms with van der Waals surface area (Å²) in [6, 6.07) is 26.9. The highest BCUT2D eigenvalue weighted by molar-refractivity contribution is 5.73. The van der Waals surface area contributed by atoms with Gasteiger partial charge >= 0.3 is 0 Å². The zero-order valence-electron chi connectivity index (χ0n) is 12.1. The van der Waals surface area contributed by atoms with Gasteiger partial charge in [0.25, 0.3) is 0 Å². The molecule has 0 aromatic heterocycles. The quantitative estimate of drug-likeness (QED) is 0.632. The van der Waals surface area contributed by atoms with Crippen molar-refractivity contribution in [1.29, 1.82) is 0 Å². The van der Waals surface area contributed by atoms with E-state index >= 15 is 0 Å². The Labute approximate surface area is 125 Å². The molecule has 0 heterocycles. The third kappa shape index (κ3) is 3.14. The summed E-state index contributed by atoms with van der Waals surface area (Å²) in [7, 11) is 0. The molecule has 1 heteroatoms. The van der Waals surface area contributed by atoms with E-state index in [2.05, 4.69) is 49.4 Å². The third-order valence-electron chi connectivity index (χ3n) is 3.53. The van der Waals surface area contributed by atoms with Crippen LogP contribution in [0.2, 0.25) is 0 Å². The fraction of sp³-hybridized carbons (Fsp3) is 0.100. The summed E-state index contributed by atoms with van der Waals surface area (Å²) >= 11 is 0. The van der Waals surface area contributed by atoms with Crippen LogP contribution in [-0.2, 0) is 6.61 Å². The smallest absolute Gasteiger partial charge is 0.127 e. The molecule has 3 aromatic carbocycles. The number of aryl methyl sites for hydroxylation is 1. The van der Waals surface area contributed by atoms with Crippen LogP contribution in [-0.4, -0.2) is 0 Å². The van der Waals surface area contributed by atoms with Crippen LogP contribution >= 0.6 is 0 Å². The molecular formula is C20H18O. The molecule has 0 fully saturated rings. The first-order chi connectivity index (χ1) is 10.3. The average molecular weight is 274 g/mol. The maximum absolute atomic E-state index is 6.06. The largest absolute Gasteiger partial charge is 0.488 e. The molecule has 21 heavy (non-hydrogen) atoms. The Morgan fingerprint density at radius 1 is 0.714 bits per heavy atom. The van der Waals surface area contributed by atoms with E-state index in [1.807, 2.05) is 36.4 Å². The molecule has 0 saturated carbocycles. The Kier molecular flexibility index (Phi) is 4.02. The van der Waals surface area contributed by atoms with Gasteiger partial charge in [-0.2, -0.15) is 0 Å². The minimum Gasteiger partial charge on any atom is -0.488 e. The highest BCUT2D eigenvalue weighted by Gasteiger charge is 2.09. The molecule has 0 bridgehead atoms. The molecule has 0 spiro atoms. The van der Waals surface area contributed by atoms with Crippen molar-refractivity contribution >= 4 is 0 Å². The summed E-state index contributed by atoms with van der Waals surface area (Å²) in [6.45, 7) is 2.71. The van der Waals surface area contributed by atoms with Gasteiger partial charge < -0.3 is 4.74 Å².